The SMILES string of the molecule is NC(=O)CN1CCCN(C(=O)c2ccc(F)cc2N)CC1. The number of rotatable bonds is 3. The fraction of sp³-hybridized carbons (Fsp3) is 0.429. The maximum atomic E-state index is 13.0. The summed E-state index contributed by atoms with van der Waals surface area (Å²) in [6.45, 7) is 2.55. The van der Waals surface area contributed by atoms with Crippen LogP contribution in [0.1, 0.15) is 16.8 Å². The predicted molar refractivity (Wildman–Crippen MR) is 77.0 cm³/mol. The Morgan fingerprint density at radius 1 is 1.19 bits per heavy atom. The maximum absolute atomic E-state index is 13.0. The highest BCUT2D eigenvalue weighted by Gasteiger charge is 2.22. The van der Waals surface area contributed by atoms with Crippen molar-refractivity contribution in [2.45, 2.75) is 6.42 Å². The number of nitrogens with zero attached hydrogens (tertiary/aromatic N) is 2. The van der Waals surface area contributed by atoms with Gasteiger partial charge in [0.25, 0.3) is 5.91 Å². The van der Waals surface area contributed by atoms with E-state index in [1.807, 2.05) is 4.90 Å². The van der Waals surface area contributed by atoms with Crippen molar-refractivity contribution in [2.24, 2.45) is 5.73 Å². The standard InChI is InChI=1S/C14H19FN4O2/c15-10-2-3-11(12(16)8-10)14(21)19-5-1-4-18(6-7-19)9-13(17)20/h2-3,8H,1,4-7,9,16H2,(H2,17,20). The van der Waals surface area contributed by atoms with Crippen LogP contribution in [0, 0.1) is 5.82 Å². The lowest BCUT2D eigenvalue weighted by Gasteiger charge is -2.22. The normalized spacial score (nSPS) is 16.5. The summed E-state index contributed by atoms with van der Waals surface area (Å²) >= 11 is 0. The van der Waals surface area contributed by atoms with E-state index in [1.54, 1.807) is 4.90 Å². The largest absolute Gasteiger partial charge is 0.398 e. The van der Waals surface area contributed by atoms with Gasteiger partial charge < -0.3 is 16.4 Å². The predicted octanol–water partition coefficient (Wildman–Crippen LogP) is 0.0411. The van der Waals surface area contributed by atoms with Crippen molar-refractivity contribution < 1.29 is 14.0 Å². The van der Waals surface area contributed by atoms with Crippen LogP contribution in [-0.2, 0) is 4.79 Å². The smallest absolute Gasteiger partial charge is 0.255 e. The zero-order valence-electron chi connectivity index (χ0n) is 11.7. The zero-order chi connectivity index (χ0) is 15.4. The number of benzene rings is 1. The van der Waals surface area contributed by atoms with Crippen molar-refractivity contribution in [2.75, 3.05) is 38.5 Å². The highest BCUT2D eigenvalue weighted by atomic mass is 19.1. The quantitative estimate of drug-likeness (QED) is 0.770. The number of nitrogens with two attached hydrogens (primary N) is 2. The van der Waals surface area contributed by atoms with Crippen LogP contribution in [0.4, 0.5) is 10.1 Å². The van der Waals surface area contributed by atoms with Crippen molar-refractivity contribution >= 4 is 17.5 Å². The van der Waals surface area contributed by atoms with Gasteiger partial charge in [0, 0.05) is 31.9 Å². The Hall–Kier alpha value is -2.15. The number of anilines is 1. The van der Waals surface area contributed by atoms with E-state index in [4.69, 9.17) is 11.5 Å². The molecular weight excluding hydrogens is 275 g/mol. The van der Waals surface area contributed by atoms with Gasteiger partial charge in [-0.1, -0.05) is 0 Å². The molecule has 1 heterocycles. The van der Waals surface area contributed by atoms with E-state index < -0.39 is 5.82 Å². The van der Waals surface area contributed by atoms with Crippen molar-refractivity contribution in [3.05, 3.63) is 29.6 Å². The third-order valence-electron chi connectivity index (χ3n) is 3.50. The van der Waals surface area contributed by atoms with Crippen LogP contribution in [0.5, 0.6) is 0 Å². The number of amides is 2. The van der Waals surface area contributed by atoms with Crippen LogP contribution in [0.3, 0.4) is 0 Å². The summed E-state index contributed by atoms with van der Waals surface area (Å²) in [6.07, 6.45) is 0.750. The molecule has 1 aromatic rings. The van der Waals surface area contributed by atoms with E-state index in [1.165, 1.54) is 12.1 Å². The lowest BCUT2D eigenvalue weighted by Crippen LogP contribution is -2.38. The Bertz CT molecular complexity index is 550. The summed E-state index contributed by atoms with van der Waals surface area (Å²) in [6, 6.07) is 3.77. The fourth-order valence-corrected chi connectivity index (χ4v) is 2.45. The Morgan fingerprint density at radius 3 is 2.62 bits per heavy atom. The number of carbonyl (C=O) groups excluding carboxylic acids is 2. The van der Waals surface area contributed by atoms with Gasteiger partial charge in [-0.2, -0.15) is 0 Å². The van der Waals surface area contributed by atoms with Gasteiger partial charge in [0.05, 0.1) is 12.1 Å². The van der Waals surface area contributed by atoms with E-state index in [-0.39, 0.29) is 24.0 Å². The van der Waals surface area contributed by atoms with E-state index in [2.05, 4.69) is 0 Å². The third kappa shape index (κ3) is 3.91. The molecule has 0 spiro atoms. The van der Waals surface area contributed by atoms with Crippen LogP contribution in [0.2, 0.25) is 0 Å². The molecule has 1 aromatic carbocycles. The molecule has 21 heavy (non-hydrogen) atoms. The molecule has 4 N–H and O–H groups in total. The van der Waals surface area contributed by atoms with Gasteiger partial charge in [0.1, 0.15) is 5.82 Å². The lowest BCUT2D eigenvalue weighted by molar-refractivity contribution is -0.119. The molecule has 6 nitrogen and oxygen atoms in total. The van der Waals surface area contributed by atoms with Crippen molar-refractivity contribution in [1.29, 1.82) is 0 Å². The van der Waals surface area contributed by atoms with E-state index in [0.717, 1.165) is 12.5 Å². The summed E-state index contributed by atoms with van der Waals surface area (Å²) < 4.78 is 13.0. The van der Waals surface area contributed by atoms with E-state index in [0.29, 0.717) is 31.7 Å². The molecule has 0 radical (unpaired) electrons. The summed E-state index contributed by atoms with van der Waals surface area (Å²) in [7, 11) is 0. The minimum Gasteiger partial charge on any atom is -0.398 e. The lowest BCUT2D eigenvalue weighted by atomic mass is 10.1. The first kappa shape index (κ1) is 15.2. The molecular formula is C14H19FN4O2. The Labute approximate surface area is 122 Å². The first-order valence-corrected chi connectivity index (χ1v) is 6.82. The minimum absolute atomic E-state index is 0.137. The number of hydrogen-bond donors (Lipinski definition) is 2. The minimum atomic E-state index is -0.465. The number of primary amides is 1. The van der Waals surface area contributed by atoms with Crippen LogP contribution in [0.25, 0.3) is 0 Å². The zero-order valence-corrected chi connectivity index (χ0v) is 11.7. The molecule has 1 saturated heterocycles. The van der Waals surface area contributed by atoms with Crippen LogP contribution in [0.15, 0.2) is 18.2 Å². The van der Waals surface area contributed by atoms with Gasteiger partial charge in [-0.3, -0.25) is 14.5 Å². The molecule has 114 valence electrons. The molecule has 0 unspecified atom stereocenters. The molecule has 2 rings (SSSR count). The molecule has 0 atom stereocenters. The Kier molecular flexibility index (Phi) is 4.74. The first-order chi connectivity index (χ1) is 9.97. The number of carbonyl (C=O) groups is 2. The van der Waals surface area contributed by atoms with Gasteiger partial charge in [0.15, 0.2) is 0 Å². The monoisotopic (exact) mass is 294 g/mol. The van der Waals surface area contributed by atoms with Gasteiger partial charge in [0.2, 0.25) is 5.91 Å². The van der Waals surface area contributed by atoms with E-state index >= 15 is 0 Å². The maximum Gasteiger partial charge on any atom is 0.255 e. The van der Waals surface area contributed by atoms with Gasteiger partial charge in [-0.05, 0) is 24.6 Å². The Morgan fingerprint density at radius 2 is 1.95 bits per heavy atom. The van der Waals surface area contributed by atoms with Crippen molar-refractivity contribution in [3.8, 4) is 0 Å². The molecule has 0 aromatic heterocycles. The molecule has 7 heteroatoms. The Balaban J connectivity index is 2.04. The van der Waals surface area contributed by atoms with Crippen LogP contribution in [-0.4, -0.2) is 54.3 Å². The average molecular weight is 294 g/mol. The van der Waals surface area contributed by atoms with Crippen LogP contribution >= 0.6 is 0 Å². The van der Waals surface area contributed by atoms with Crippen molar-refractivity contribution in [1.82, 2.24) is 9.80 Å². The molecule has 1 aliphatic heterocycles. The average Bonchev–Trinajstić information content (AvgIpc) is 2.63. The molecule has 2 amide bonds. The van der Waals surface area contributed by atoms with Gasteiger partial charge in [-0.15, -0.1) is 0 Å². The highest BCUT2D eigenvalue weighted by Crippen LogP contribution is 2.17. The molecule has 0 bridgehead atoms. The number of nitrogen functional groups attached to an aromatic ring is 1. The molecule has 1 fully saturated rings. The summed E-state index contributed by atoms with van der Waals surface area (Å²) in [5.74, 6) is -1.06. The van der Waals surface area contributed by atoms with E-state index in [9.17, 15) is 14.0 Å². The summed E-state index contributed by atoms with van der Waals surface area (Å²) in [4.78, 5) is 27.0. The second-order valence-corrected chi connectivity index (χ2v) is 5.12. The van der Waals surface area contributed by atoms with Gasteiger partial charge >= 0.3 is 0 Å². The number of halogens is 1. The van der Waals surface area contributed by atoms with Crippen molar-refractivity contribution in [3.63, 3.8) is 0 Å². The van der Waals surface area contributed by atoms with Crippen LogP contribution < -0.4 is 11.5 Å². The first-order valence-electron chi connectivity index (χ1n) is 6.82. The van der Waals surface area contributed by atoms with Gasteiger partial charge in [-0.25, -0.2) is 4.39 Å². The fourth-order valence-electron chi connectivity index (χ4n) is 2.45. The third-order valence-corrected chi connectivity index (χ3v) is 3.50. The molecule has 0 aliphatic carbocycles. The molecule has 1 aliphatic rings. The molecule has 0 saturated carbocycles. The highest BCUT2D eigenvalue weighted by molar-refractivity contribution is 5.99. The topological polar surface area (TPSA) is 92.7 Å². The second kappa shape index (κ2) is 6.53. The second-order valence-electron chi connectivity index (χ2n) is 5.12. The summed E-state index contributed by atoms with van der Waals surface area (Å²) in [5, 5.41) is 0. The number of hydrogen-bond acceptors (Lipinski definition) is 4. The summed E-state index contributed by atoms with van der Waals surface area (Å²) in [5.41, 5.74) is 11.3.